The molecule has 1 atom stereocenters. The largest absolute Gasteiger partial charge is 0.483 e. The van der Waals surface area contributed by atoms with Crippen molar-refractivity contribution >= 4 is 33.4 Å². The van der Waals surface area contributed by atoms with E-state index in [2.05, 4.69) is 40.6 Å². The highest BCUT2D eigenvalue weighted by Crippen LogP contribution is 2.30. The summed E-state index contributed by atoms with van der Waals surface area (Å²) in [5, 5.41) is 11.0. The van der Waals surface area contributed by atoms with Gasteiger partial charge in [-0.3, -0.25) is 30.6 Å². The Hall–Kier alpha value is -2.94. The zero-order valence-electron chi connectivity index (χ0n) is 15.4. The van der Waals surface area contributed by atoms with E-state index in [9.17, 15) is 19.7 Å². The van der Waals surface area contributed by atoms with Gasteiger partial charge in [-0.25, -0.2) is 0 Å². The number of carbonyl (C=O) groups is 2. The molecule has 2 amide bonds. The van der Waals surface area contributed by atoms with E-state index in [1.54, 1.807) is 6.07 Å². The molecule has 0 bridgehead atoms. The standard InChI is InChI=1S/C19H20BrN3O5/c1-3-12(2)13-8-9-17(15(20)10-13)28-11-18(24)21-22-19(25)14-6-4-5-7-16(14)23(26)27/h4-10,12H,3,11H2,1-2H3,(H,21,24)(H,22,25). The van der Waals surface area contributed by atoms with Crippen LogP contribution in [-0.2, 0) is 4.79 Å². The first-order valence-electron chi connectivity index (χ1n) is 8.58. The van der Waals surface area contributed by atoms with Crippen LogP contribution in [0.15, 0.2) is 46.9 Å². The molecule has 2 N–H and O–H groups in total. The summed E-state index contributed by atoms with van der Waals surface area (Å²) in [7, 11) is 0. The van der Waals surface area contributed by atoms with Gasteiger partial charge in [0.1, 0.15) is 11.3 Å². The van der Waals surface area contributed by atoms with Crippen molar-refractivity contribution in [1.29, 1.82) is 0 Å². The van der Waals surface area contributed by atoms with Gasteiger partial charge in [0.15, 0.2) is 6.61 Å². The quantitative estimate of drug-likeness (QED) is 0.494. The molecule has 2 aromatic rings. The number of para-hydroxylation sites is 1. The average Bonchev–Trinajstić information content (AvgIpc) is 2.70. The molecule has 0 aliphatic carbocycles. The molecule has 0 fully saturated rings. The number of nitro benzene ring substituents is 1. The summed E-state index contributed by atoms with van der Waals surface area (Å²) in [4.78, 5) is 34.2. The SMILES string of the molecule is CCC(C)c1ccc(OCC(=O)NNC(=O)c2ccccc2[N+](=O)[O-])c(Br)c1. The van der Waals surface area contributed by atoms with Gasteiger partial charge in [0.2, 0.25) is 0 Å². The molecule has 0 aliphatic rings. The number of carbonyl (C=O) groups excluding carboxylic acids is 2. The first-order chi connectivity index (χ1) is 13.3. The number of amides is 2. The molecule has 0 aliphatic heterocycles. The summed E-state index contributed by atoms with van der Waals surface area (Å²) in [5.74, 6) is -0.497. The van der Waals surface area contributed by atoms with Crippen LogP contribution in [0.3, 0.4) is 0 Å². The number of hydrazine groups is 1. The molecule has 2 rings (SSSR count). The third kappa shape index (κ3) is 5.53. The van der Waals surface area contributed by atoms with Crippen LogP contribution < -0.4 is 15.6 Å². The normalized spacial score (nSPS) is 11.4. The van der Waals surface area contributed by atoms with E-state index >= 15 is 0 Å². The predicted molar refractivity (Wildman–Crippen MR) is 107 cm³/mol. The Morgan fingerprint density at radius 1 is 1.21 bits per heavy atom. The van der Waals surface area contributed by atoms with Crippen molar-refractivity contribution in [3.05, 3.63) is 68.2 Å². The molecule has 8 nitrogen and oxygen atoms in total. The van der Waals surface area contributed by atoms with Crippen LogP contribution in [-0.4, -0.2) is 23.3 Å². The summed E-state index contributed by atoms with van der Waals surface area (Å²) in [6, 6.07) is 11.1. The molecule has 0 radical (unpaired) electrons. The van der Waals surface area contributed by atoms with Gasteiger partial charge >= 0.3 is 0 Å². The molecule has 0 aromatic heterocycles. The summed E-state index contributed by atoms with van der Waals surface area (Å²) in [5.41, 5.74) is 4.96. The molecule has 9 heteroatoms. The van der Waals surface area contributed by atoms with Gasteiger partial charge in [0.05, 0.1) is 9.40 Å². The topological polar surface area (TPSA) is 111 Å². The summed E-state index contributed by atoms with van der Waals surface area (Å²) >= 11 is 3.42. The van der Waals surface area contributed by atoms with E-state index in [0.717, 1.165) is 16.5 Å². The van der Waals surface area contributed by atoms with E-state index in [-0.39, 0.29) is 17.9 Å². The highest BCUT2D eigenvalue weighted by molar-refractivity contribution is 9.10. The van der Waals surface area contributed by atoms with Gasteiger partial charge in [-0.2, -0.15) is 0 Å². The molecule has 0 spiro atoms. The molecular weight excluding hydrogens is 430 g/mol. The molecule has 0 saturated carbocycles. The van der Waals surface area contributed by atoms with Gasteiger partial charge in [-0.1, -0.05) is 32.0 Å². The fourth-order valence-corrected chi connectivity index (χ4v) is 2.89. The van der Waals surface area contributed by atoms with Crippen molar-refractivity contribution in [2.24, 2.45) is 0 Å². The number of ether oxygens (including phenoxy) is 1. The van der Waals surface area contributed by atoms with Crippen molar-refractivity contribution in [3.8, 4) is 5.75 Å². The predicted octanol–water partition coefficient (Wildman–Crippen LogP) is 3.71. The van der Waals surface area contributed by atoms with Gasteiger partial charge in [-0.05, 0) is 52.0 Å². The number of benzene rings is 2. The van der Waals surface area contributed by atoms with Crippen LogP contribution in [0, 0.1) is 10.1 Å². The van der Waals surface area contributed by atoms with Crippen LogP contribution in [0.1, 0.15) is 42.1 Å². The van der Waals surface area contributed by atoms with Crippen molar-refractivity contribution in [2.45, 2.75) is 26.2 Å². The fourth-order valence-electron chi connectivity index (χ4n) is 2.37. The monoisotopic (exact) mass is 449 g/mol. The number of halogens is 1. The average molecular weight is 450 g/mol. The number of rotatable bonds is 7. The maximum atomic E-state index is 12.1. The Morgan fingerprint density at radius 3 is 2.57 bits per heavy atom. The second-order valence-corrected chi connectivity index (χ2v) is 6.92. The van der Waals surface area contributed by atoms with E-state index in [0.29, 0.717) is 11.7 Å². The molecule has 28 heavy (non-hydrogen) atoms. The highest BCUT2D eigenvalue weighted by Gasteiger charge is 2.19. The van der Waals surface area contributed by atoms with Crippen LogP contribution in [0.2, 0.25) is 0 Å². The van der Waals surface area contributed by atoms with Crippen LogP contribution in [0.4, 0.5) is 5.69 Å². The lowest BCUT2D eigenvalue weighted by Gasteiger charge is -2.13. The number of hydrogen-bond donors (Lipinski definition) is 2. The first kappa shape index (κ1) is 21.4. The summed E-state index contributed by atoms with van der Waals surface area (Å²) in [6.45, 7) is 3.89. The van der Waals surface area contributed by atoms with Gasteiger partial charge in [0, 0.05) is 6.07 Å². The summed E-state index contributed by atoms with van der Waals surface area (Å²) in [6.07, 6.45) is 1.01. The van der Waals surface area contributed by atoms with E-state index in [4.69, 9.17) is 4.74 Å². The second-order valence-electron chi connectivity index (χ2n) is 6.06. The third-order valence-electron chi connectivity index (χ3n) is 4.16. The highest BCUT2D eigenvalue weighted by atomic mass is 79.9. The van der Waals surface area contributed by atoms with Crippen molar-refractivity contribution in [1.82, 2.24) is 10.9 Å². The maximum Gasteiger partial charge on any atom is 0.282 e. The first-order valence-corrected chi connectivity index (χ1v) is 9.37. The van der Waals surface area contributed by atoms with Crippen molar-refractivity contribution in [3.63, 3.8) is 0 Å². The van der Waals surface area contributed by atoms with E-state index in [1.807, 2.05) is 12.1 Å². The minimum Gasteiger partial charge on any atom is -0.483 e. The third-order valence-corrected chi connectivity index (χ3v) is 4.78. The smallest absolute Gasteiger partial charge is 0.282 e. The number of hydrogen-bond acceptors (Lipinski definition) is 5. The molecule has 1 unspecified atom stereocenters. The Balaban J connectivity index is 1.90. The lowest BCUT2D eigenvalue weighted by atomic mass is 9.99. The minimum absolute atomic E-state index is 0.155. The maximum absolute atomic E-state index is 12.1. The van der Waals surface area contributed by atoms with Crippen LogP contribution in [0.25, 0.3) is 0 Å². The van der Waals surface area contributed by atoms with Crippen LogP contribution in [0.5, 0.6) is 5.75 Å². The molecule has 148 valence electrons. The van der Waals surface area contributed by atoms with Crippen LogP contribution >= 0.6 is 15.9 Å². The molecule has 0 saturated heterocycles. The van der Waals surface area contributed by atoms with E-state index in [1.165, 1.54) is 24.3 Å². The number of nitrogens with zero attached hydrogens (tertiary/aromatic N) is 1. The zero-order valence-corrected chi connectivity index (χ0v) is 17.0. The summed E-state index contributed by atoms with van der Waals surface area (Å²) < 4.78 is 6.17. The number of nitro groups is 1. The van der Waals surface area contributed by atoms with Gasteiger partial charge in [0.25, 0.3) is 17.5 Å². The fraction of sp³-hybridized carbons (Fsp3) is 0.263. The Kier molecular flexibility index (Phi) is 7.51. The van der Waals surface area contributed by atoms with E-state index < -0.39 is 16.7 Å². The van der Waals surface area contributed by atoms with Gasteiger partial charge in [-0.15, -0.1) is 0 Å². The Bertz CT molecular complexity index is 888. The zero-order chi connectivity index (χ0) is 20.7. The Morgan fingerprint density at radius 2 is 1.93 bits per heavy atom. The van der Waals surface area contributed by atoms with Crippen molar-refractivity contribution < 1.29 is 19.2 Å². The molecular formula is C19H20BrN3O5. The lowest BCUT2D eigenvalue weighted by Crippen LogP contribution is -2.44. The van der Waals surface area contributed by atoms with Gasteiger partial charge < -0.3 is 4.74 Å². The Labute approximate surface area is 170 Å². The molecule has 2 aromatic carbocycles. The second kappa shape index (κ2) is 9.84. The number of nitrogens with one attached hydrogen (secondary N) is 2. The van der Waals surface area contributed by atoms with Crippen molar-refractivity contribution in [2.75, 3.05) is 6.61 Å². The minimum atomic E-state index is -0.792. The molecule has 0 heterocycles. The lowest BCUT2D eigenvalue weighted by molar-refractivity contribution is -0.385.